The van der Waals surface area contributed by atoms with Gasteiger partial charge in [-0.05, 0) is 24.3 Å². The SMILES string of the molecule is COc1ccc(Cl)cc1NCCC(=O)Nc1cc(OC)c(OC)cc1C(=O)N(C)C. The van der Waals surface area contributed by atoms with E-state index in [9.17, 15) is 9.59 Å². The molecule has 0 saturated heterocycles. The summed E-state index contributed by atoms with van der Waals surface area (Å²) in [5.41, 5.74) is 1.33. The van der Waals surface area contributed by atoms with Crippen molar-refractivity contribution in [2.75, 3.05) is 52.6 Å². The number of amides is 2. The molecular formula is C21H26ClN3O5. The van der Waals surface area contributed by atoms with Crippen molar-refractivity contribution < 1.29 is 23.8 Å². The largest absolute Gasteiger partial charge is 0.495 e. The van der Waals surface area contributed by atoms with Crippen LogP contribution >= 0.6 is 11.6 Å². The fourth-order valence-electron chi connectivity index (χ4n) is 2.74. The van der Waals surface area contributed by atoms with Crippen molar-refractivity contribution in [3.05, 3.63) is 40.9 Å². The first-order valence-electron chi connectivity index (χ1n) is 9.15. The molecule has 0 heterocycles. The van der Waals surface area contributed by atoms with Crippen LogP contribution in [-0.2, 0) is 4.79 Å². The van der Waals surface area contributed by atoms with Crippen LogP contribution in [0.5, 0.6) is 17.2 Å². The highest BCUT2D eigenvalue weighted by atomic mass is 35.5. The third kappa shape index (κ3) is 5.70. The third-order valence-corrected chi connectivity index (χ3v) is 4.50. The van der Waals surface area contributed by atoms with E-state index in [0.29, 0.717) is 45.8 Å². The van der Waals surface area contributed by atoms with Gasteiger partial charge in [0.2, 0.25) is 5.91 Å². The van der Waals surface area contributed by atoms with E-state index >= 15 is 0 Å². The van der Waals surface area contributed by atoms with Gasteiger partial charge in [-0.25, -0.2) is 0 Å². The molecule has 2 amide bonds. The smallest absolute Gasteiger partial charge is 0.255 e. The molecular weight excluding hydrogens is 410 g/mol. The zero-order valence-electron chi connectivity index (χ0n) is 17.7. The first kappa shape index (κ1) is 23.2. The number of methoxy groups -OCH3 is 3. The number of carbonyl (C=O) groups excluding carboxylic acids is 2. The van der Waals surface area contributed by atoms with Crippen molar-refractivity contribution in [2.45, 2.75) is 6.42 Å². The number of nitrogens with one attached hydrogen (secondary N) is 2. The Morgan fingerprint density at radius 2 is 1.57 bits per heavy atom. The highest BCUT2D eigenvalue weighted by Crippen LogP contribution is 2.34. The van der Waals surface area contributed by atoms with Gasteiger partial charge in [-0.3, -0.25) is 9.59 Å². The molecule has 2 rings (SSSR count). The van der Waals surface area contributed by atoms with E-state index in [1.54, 1.807) is 51.5 Å². The molecule has 30 heavy (non-hydrogen) atoms. The van der Waals surface area contributed by atoms with E-state index in [-0.39, 0.29) is 18.2 Å². The van der Waals surface area contributed by atoms with Gasteiger partial charge in [0.1, 0.15) is 5.75 Å². The molecule has 8 nitrogen and oxygen atoms in total. The van der Waals surface area contributed by atoms with Crippen molar-refractivity contribution in [3.63, 3.8) is 0 Å². The molecule has 0 unspecified atom stereocenters. The molecule has 9 heteroatoms. The van der Waals surface area contributed by atoms with Crippen molar-refractivity contribution >= 4 is 34.8 Å². The van der Waals surface area contributed by atoms with Gasteiger partial charge in [0.05, 0.1) is 38.3 Å². The number of nitrogens with zero attached hydrogens (tertiary/aromatic N) is 1. The molecule has 0 aromatic heterocycles. The van der Waals surface area contributed by atoms with E-state index < -0.39 is 0 Å². The molecule has 0 spiro atoms. The van der Waals surface area contributed by atoms with E-state index in [1.807, 2.05) is 0 Å². The van der Waals surface area contributed by atoms with Gasteiger partial charge in [-0.1, -0.05) is 11.6 Å². The van der Waals surface area contributed by atoms with Gasteiger partial charge in [-0.15, -0.1) is 0 Å². The summed E-state index contributed by atoms with van der Waals surface area (Å²) in [6, 6.07) is 8.30. The number of hydrogen-bond acceptors (Lipinski definition) is 6. The van der Waals surface area contributed by atoms with E-state index in [4.69, 9.17) is 25.8 Å². The normalized spacial score (nSPS) is 10.2. The number of hydrogen-bond donors (Lipinski definition) is 2. The standard InChI is InChI=1S/C21H26ClN3O5/c1-25(2)21(27)14-11-18(29-4)19(30-5)12-15(14)24-20(26)8-9-23-16-10-13(22)6-7-17(16)28-3/h6-7,10-12,23H,8-9H2,1-5H3,(H,24,26). The van der Waals surface area contributed by atoms with Crippen LogP contribution in [0.3, 0.4) is 0 Å². The van der Waals surface area contributed by atoms with Crippen LogP contribution in [0, 0.1) is 0 Å². The molecule has 0 atom stereocenters. The van der Waals surface area contributed by atoms with Crippen LogP contribution in [-0.4, -0.2) is 58.7 Å². The molecule has 0 fully saturated rings. The van der Waals surface area contributed by atoms with E-state index in [2.05, 4.69) is 10.6 Å². The molecule has 0 aliphatic heterocycles. The van der Waals surface area contributed by atoms with Crippen molar-refractivity contribution in [3.8, 4) is 17.2 Å². The second-order valence-electron chi connectivity index (χ2n) is 6.52. The number of halogens is 1. The first-order valence-corrected chi connectivity index (χ1v) is 9.53. The number of carbonyl (C=O) groups is 2. The van der Waals surface area contributed by atoms with Crippen molar-refractivity contribution in [1.29, 1.82) is 0 Å². The topological polar surface area (TPSA) is 89.1 Å². The summed E-state index contributed by atoms with van der Waals surface area (Å²) in [6.07, 6.45) is 0.152. The van der Waals surface area contributed by atoms with Gasteiger partial charge >= 0.3 is 0 Å². The van der Waals surface area contributed by atoms with Crippen LogP contribution in [0.2, 0.25) is 5.02 Å². The van der Waals surface area contributed by atoms with Crippen LogP contribution in [0.4, 0.5) is 11.4 Å². The third-order valence-electron chi connectivity index (χ3n) is 4.26. The average Bonchev–Trinajstić information content (AvgIpc) is 2.72. The summed E-state index contributed by atoms with van der Waals surface area (Å²) in [5, 5.41) is 6.46. The lowest BCUT2D eigenvalue weighted by Gasteiger charge is -2.18. The van der Waals surface area contributed by atoms with Gasteiger partial charge in [-0.2, -0.15) is 0 Å². The van der Waals surface area contributed by atoms with E-state index in [1.165, 1.54) is 19.1 Å². The zero-order chi connectivity index (χ0) is 22.3. The average molecular weight is 436 g/mol. The van der Waals surface area contributed by atoms with Crippen LogP contribution in [0.15, 0.2) is 30.3 Å². The Morgan fingerprint density at radius 3 is 2.17 bits per heavy atom. The Bertz CT molecular complexity index is 918. The summed E-state index contributed by atoms with van der Waals surface area (Å²) in [6.45, 7) is 0.340. The maximum atomic E-state index is 12.6. The highest BCUT2D eigenvalue weighted by molar-refractivity contribution is 6.30. The highest BCUT2D eigenvalue weighted by Gasteiger charge is 2.19. The minimum atomic E-state index is -0.275. The van der Waals surface area contributed by atoms with Crippen LogP contribution in [0.1, 0.15) is 16.8 Å². The van der Waals surface area contributed by atoms with E-state index in [0.717, 1.165) is 0 Å². The predicted molar refractivity (Wildman–Crippen MR) is 117 cm³/mol. The Labute approximate surface area is 181 Å². The lowest BCUT2D eigenvalue weighted by molar-refractivity contribution is -0.115. The summed E-state index contributed by atoms with van der Waals surface area (Å²) >= 11 is 6.02. The molecule has 0 aliphatic rings. The zero-order valence-corrected chi connectivity index (χ0v) is 18.4. The Morgan fingerprint density at radius 1 is 0.933 bits per heavy atom. The summed E-state index contributed by atoms with van der Waals surface area (Å²) in [4.78, 5) is 26.5. The molecule has 0 bridgehead atoms. The Hall–Kier alpha value is -3.13. The lowest BCUT2D eigenvalue weighted by Crippen LogP contribution is -2.24. The Kier molecular flexibility index (Phi) is 8.17. The predicted octanol–water partition coefficient (Wildman–Crippen LogP) is 3.51. The maximum Gasteiger partial charge on any atom is 0.255 e. The van der Waals surface area contributed by atoms with Gasteiger partial charge in [0.15, 0.2) is 11.5 Å². The number of ether oxygens (including phenoxy) is 3. The molecule has 0 saturated carbocycles. The molecule has 2 aromatic carbocycles. The fourth-order valence-corrected chi connectivity index (χ4v) is 2.91. The second kappa shape index (κ2) is 10.6. The molecule has 0 radical (unpaired) electrons. The van der Waals surface area contributed by atoms with Crippen molar-refractivity contribution in [1.82, 2.24) is 4.90 Å². The summed E-state index contributed by atoms with van der Waals surface area (Å²) < 4.78 is 15.8. The van der Waals surface area contributed by atoms with Crippen molar-refractivity contribution in [2.24, 2.45) is 0 Å². The lowest BCUT2D eigenvalue weighted by atomic mass is 10.1. The minimum Gasteiger partial charge on any atom is -0.495 e. The quantitative estimate of drug-likeness (QED) is 0.626. The second-order valence-corrected chi connectivity index (χ2v) is 6.96. The number of anilines is 2. The minimum absolute atomic E-state index is 0.152. The molecule has 162 valence electrons. The summed E-state index contributed by atoms with van der Waals surface area (Å²) in [5.74, 6) is 0.885. The fraction of sp³-hybridized carbons (Fsp3) is 0.333. The van der Waals surface area contributed by atoms with Gasteiger partial charge in [0, 0.05) is 38.1 Å². The van der Waals surface area contributed by atoms with Crippen LogP contribution in [0.25, 0.3) is 0 Å². The number of benzene rings is 2. The molecule has 0 aliphatic carbocycles. The monoisotopic (exact) mass is 435 g/mol. The van der Waals surface area contributed by atoms with Gasteiger partial charge in [0.25, 0.3) is 5.91 Å². The van der Waals surface area contributed by atoms with Gasteiger partial charge < -0.3 is 29.7 Å². The first-order chi connectivity index (χ1) is 14.3. The summed E-state index contributed by atoms with van der Waals surface area (Å²) in [7, 11) is 7.79. The van der Waals surface area contributed by atoms with Crippen LogP contribution < -0.4 is 24.8 Å². The maximum absolute atomic E-state index is 12.6. The molecule has 2 N–H and O–H groups in total. The number of rotatable bonds is 9. The Balaban J connectivity index is 2.14. The molecule has 2 aromatic rings.